The standard InChI is InChI=1S/C12H24N2/c1-3-12(4-2)14-8-7-10-5-6-11(9-14)13-10/h10-13H,3-9H2,1-2H3. The van der Waals surface area contributed by atoms with Crippen LogP contribution in [0.5, 0.6) is 0 Å². The van der Waals surface area contributed by atoms with Crippen LogP contribution in [0, 0.1) is 0 Å². The largest absolute Gasteiger partial charge is 0.310 e. The lowest BCUT2D eigenvalue weighted by atomic mass is 10.0. The van der Waals surface area contributed by atoms with Gasteiger partial charge in [-0.3, -0.25) is 4.90 Å². The molecule has 2 nitrogen and oxygen atoms in total. The Morgan fingerprint density at radius 2 is 1.86 bits per heavy atom. The molecule has 2 heterocycles. The molecule has 0 saturated carbocycles. The second-order valence-corrected chi connectivity index (χ2v) is 4.89. The number of nitrogens with zero attached hydrogens (tertiary/aromatic N) is 1. The van der Waals surface area contributed by atoms with Crippen LogP contribution in [-0.2, 0) is 0 Å². The first-order valence-corrected chi connectivity index (χ1v) is 6.33. The molecule has 2 saturated heterocycles. The molecule has 0 radical (unpaired) electrons. The zero-order chi connectivity index (χ0) is 9.97. The van der Waals surface area contributed by atoms with Gasteiger partial charge in [0.2, 0.25) is 0 Å². The molecule has 2 atom stereocenters. The van der Waals surface area contributed by atoms with Crippen molar-refractivity contribution in [2.45, 2.75) is 64.1 Å². The van der Waals surface area contributed by atoms with Crippen LogP contribution in [0.4, 0.5) is 0 Å². The Kier molecular flexibility index (Phi) is 3.45. The van der Waals surface area contributed by atoms with E-state index in [4.69, 9.17) is 0 Å². The Labute approximate surface area is 88.1 Å². The van der Waals surface area contributed by atoms with E-state index in [1.54, 1.807) is 0 Å². The summed E-state index contributed by atoms with van der Waals surface area (Å²) < 4.78 is 0. The Bertz CT molecular complexity index is 177. The van der Waals surface area contributed by atoms with E-state index in [2.05, 4.69) is 24.1 Å². The van der Waals surface area contributed by atoms with E-state index in [-0.39, 0.29) is 0 Å². The van der Waals surface area contributed by atoms with Crippen LogP contribution in [-0.4, -0.2) is 36.1 Å². The lowest BCUT2D eigenvalue weighted by Gasteiger charge is -2.31. The second-order valence-electron chi connectivity index (χ2n) is 4.89. The summed E-state index contributed by atoms with van der Waals surface area (Å²) in [6.07, 6.45) is 6.82. The zero-order valence-corrected chi connectivity index (χ0v) is 9.63. The van der Waals surface area contributed by atoms with E-state index < -0.39 is 0 Å². The molecule has 2 aliphatic rings. The summed E-state index contributed by atoms with van der Waals surface area (Å²) in [5, 5.41) is 3.74. The minimum Gasteiger partial charge on any atom is -0.310 e. The molecular weight excluding hydrogens is 172 g/mol. The van der Waals surface area contributed by atoms with E-state index in [0.717, 1.165) is 18.1 Å². The summed E-state index contributed by atoms with van der Waals surface area (Å²) >= 11 is 0. The maximum Gasteiger partial charge on any atom is 0.0198 e. The highest BCUT2D eigenvalue weighted by atomic mass is 15.2. The lowest BCUT2D eigenvalue weighted by Crippen LogP contribution is -2.41. The highest BCUT2D eigenvalue weighted by Gasteiger charge is 2.30. The zero-order valence-electron chi connectivity index (χ0n) is 9.63. The molecule has 0 aromatic heterocycles. The molecule has 0 amide bonds. The summed E-state index contributed by atoms with van der Waals surface area (Å²) in [4.78, 5) is 2.72. The van der Waals surface area contributed by atoms with Crippen molar-refractivity contribution < 1.29 is 0 Å². The molecule has 0 aromatic carbocycles. The predicted molar refractivity (Wildman–Crippen MR) is 60.5 cm³/mol. The molecule has 0 aliphatic carbocycles. The average molecular weight is 196 g/mol. The summed E-state index contributed by atoms with van der Waals surface area (Å²) in [6, 6.07) is 2.46. The van der Waals surface area contributed by atoms with Gasteiger partial charge in [-0.2, -0.15) is 0 Å². The van der Waals surface area contributed by atoms with E-state index in [1.165, 1.54) is 45.2 Å². The molecule has 0 aromatic rings. The third kappa shape index (κ3) is 2.12. The van der Waals surface area contributed by atoms with Gasteiger partial charge in [0.05, 0.1) is 0 Å². The Hall–Kier alpha value is -0.0800. The normalized spacial score (nSPS) is 33.6. The maximum absolute atomic E-state index is 3.74. The summed E-state index contributed by atoms with van der Waals surface area (Å²) in [5.41, 5.74) is 0. The molecule has 2 rings (SSSR count). The number of fused-ring (bicyclic) bond motifs is 2. The van der Waals surface area contributed by atoms with Crippen LogP contribution in [0.15, 0.2) is 0 Å². The minimum absolute atomic E-state index is 0.795. The van der Waals surface area contributed by atoms with Crippen LogP contribution < -0.4 is 5.32 Å². The fourth-order valence-electron chi connectivity index (χ4n) is 3.11. The van der Waals surface area contributed by atoms with Crippen molar-refractivity contribution in [3.05, 3.63) is 0 Å². The highest BCUT2D eigenvalue weighted by molar-refractivity contribution is 4.90. The minimum atomic E-state index is 0.795. The first-order valence-electron chi connectivity index (χ1n) is 6.33. The number of likely N-dealkylation sites (tertiary alicyclic amines) is 1. The molecule has 82 valence electrons. The first-order chi connectivity index (χ1) is 6.83. The molecule has 2 fully saturated rings. The highest BCUT2D eigenvalue weighted by Crippen LogP contribution is 2.22. The Balaban J connectivity index is 1.93. The van der Waals surface area contributed by atoms with Crippen molar-refractivity contribution in [2.75, 3.05) is 13.1 Å². The summed E-state index contributed by atoms with van der Waals surface area (Å²) in [7, 11) is 0. The van der Waals surface area contributed by atoms with Gasteiger partial charge in [-0.15, -0.1) is 0 Å². The quantitative estimate of drug-likeness (QED) is 0.743. The van der Waals surface area contributed by atoms with Crippen molar-refractivity contribution in [1.82, 2.24) is 10.2 Å². The summed E-state index contributed by atoms with van der Waals surface area (Å²) in [5.74, 6) is 0. The van der Waals surface area contributed by atoms with Crippen LogP contribution in [0.25, 0.3) is 0 Å². The third-order valence-electron chi connectivity index (χ3n) is 4.01. The van der Waals surface area contributed by atoms with Crippen LogP contribution in [0.1, 0.15) is 46.0 Å². The van der Waals surface area contributed by atoms with Gasteiger partial charge in [-0.25, -0.2) is 0 Å². The third-order valence-corrected chi connectivity index (χ3v) is 4.01. The fourth-order valence-corrected chi connectivity index (χ4v) is 3.11. The van der Waals surface area contributed by atoms with Crippen LogP contribution in [0.3, 0.4) is 0 Å². The topological polar surface area (TPSA) is 15.3 Å². The lowest BCUT2D eigenvalue weighted by molar-refractivity contribution is 0.177. The second kappa shape index (κ2) is 4.63. The predicted octanol–water partition coefficient (Wildman–Crippen LogP) is 2.00. The number of rotatable bonds is 3. The first kappa shape index (κ1) is 10.4. The molecule has 2 aliphatic heterocycles. The van der Waals surface area contributed by atoms with E-state index >= 15 is 0 Å². The van der Waals surface area contributed by atoms with Gasteiger partial charge < -0.3 is 5.32 Å². The van der Waals surface area contributed by atoms with Crippen LogP contribution >= 0.6 is 0 Å². The smallest absolute Gasteiger partial charge is 0.0198 e. The van der Waals surface area contributed by atoms with Gasteiger partial charge in [0.1, 0.15) is 0 Å². The van der Waals surface area contributed by atoms with Crippen molar-refractivity contribution in [3.63, 3.8) is 0 Å². The van der Waals surface area contributed by atoms with Crippen molar-refractivity contribution in [1.29, 1.82) is 0 Å². The van der Waals surface area contributed by atoms with E-state index in [1.807, 2.05) is 0 Å². The number of hydrogen-bond acceptors (Lipinski definition) is 2. The van der Waals surface area contributed by atoms with Gasteiger partial charge in [-0.05, 0) is 38.6 Å². The number of nitrogens with one attached hydrogen (secondary N) is 1. The van der Waals surface area contributed by atoms with Gasteiger partial charge in [0.25, 0.3) is 0 Å². The molecular formula is C12H24N2. The fraction of sp³-hybridized carbons (Fsp3) is 1.00. The SMILES string of the molecule is CCC(CC)N1CCC2CCC(C1)N2. The van der Waals surface area contributed by atoms with E-state index in [0.29, 0.717) is 0 Å². The average Bonchev–Trinajstić information content (AvgIpc) is 2.51. The van der Waals surface area contributed by atoms with Crippen molar-refractivity contribution >= 4 is 0 Å². The van der Waals surface area contributed by atoms with Gasteiger partial charge in [-0.1, -0.05) is 13.8 Å². The molecule has 1 N–H and O–H groups in total. The van der Waals surface area contributed by atoms with Crippen LogP contribution in [0.2, 0.25) is 0 Å². The van der Waals surface area contributed by atoms with E-state index in [9.17, 15) is 0 Å². The molecule has 2 bridgehead atoms. The maximum atomic E-state index is 3.74. The van der Waals surface area contributed by atoms with Gasteiger partial charge in [0, 0.05) is 24.7 Å². The molecule has 0 spiro atoms. The summed E-state index contributed by atoms with van der Waals surface area (Å²) in [6.45, 7) is 7.26. The Morgan fingerprint density at radius 1 is 1.14 bits per heavy atom. The van der Waals surface area contributed by atoms with Gasteiger partial charge in [0.15, 0.2) is 0 Å². The number of hydrogen-bond donors (Lipinski definition) is 1. The molecule has 14 heavy (non-hydrogen) atoms. The Morgan fingerprint density at radius 3 is 2.57 bits per heavy atom. The molecule has 2 unspecified atom stereocenters. The van der Waals surface area contributed by atoms with Crippen molar-refractivity contribution in [3.8, 4) is 0 Å². The monoisotopic (exact) mass is 196 g/mol. The van der Waals surface area contributed by atoms with Crippen molar-refractivity contribution in [2.24, 2.45) is 0 Å². The molecule has 2 heteroatoms. The van der Waals surface area contributed by atoms with Gasteiger partial charge >= 0.3 is 0 Å².